The zero-order valence-corrected chi connectivity index (χ0v) is 14.9. The Hall–Kier alpha value is -0.570. The largest absolute Gasteiger partial charge is 0.481 e. The highest BCUT2D eigenvalue weighted by molar-refractivity contribution is 5.75. The number of carboxylic acid groups (broad SMARTS) is 1. The third-order valence-electron chi connectivity index (χ3n) is 8.98. The van der Waals surface area contributed by atoms with Crippen LogP contribution in [0.25, 0.3) is 0 Å². The Kier molecular flexibility index (Phi) is 3.14. The number of rotatable bonds is 1. The van der Waals surface area contributed by atoms with Crippen LogP contribution in [-0.4, -0.2) is 21.8 Å². The van der Waals surface area contributed by atoms with Crippen molar-refractivity contribution < 1.29 is 15.0 Å². The summed E-state index contributed by atoms with van der Waals surface area (Å²) in [6, 6.07) is 0. The van der Waals surface area contributed by atoms with Crippen molar-refractivity contribution in [3.05, 3.63) is 0 Å². The van der Waals surface area contributed by atoms with E-state index in [2.05, 4.69) is 6.92 Å². The monoisotopic (exact) mass is 320 g/mol. The van der Waals surface area contributed by atoms with Crippen LogP contribution in [0.1, 0.15) is 78.6 Å². The molecule has 0 aromatic rings. The van der Waals surface area contributed by atoms with E-state index in [1.165, 1.54) is 19.3 Å². The standard InChI is InChI=1S/C20H32O3/c1-17-8-4-9-18(2,16(21)22)14(17)7-10-20-11-13(5-6-15(17)20)19(3,23)12-20/h13-15,23H,4-12H2,1-3H3,(H,21,22)/t13-,14+,15+,17-,18-,19-,20+/m1/s1. The second kappa shape index (κ2) is 4.53. The fourth-order valence-corrected chi connectivity index (χ4v) is 8.05. The molecular weight excluding hydrogens is 288 g/mol. The Morgan fingerprint density at radius 2 is 1.74 bits per heavy atom. The number of hydrogen-bond acceptors (Lipinski definition) is 2. The lowest BCUT2D eigenvalue weighted by Crippen LogP contribution is -2.58. The van der Waals surface area contributed by atoms with Crippen LogP contribution < -0.4 is 0 Å². The van der Waals surface area contributed by atoms with E-state index in [9.17, 15) is 15.0 Å². The Morgan fingerprint density at radius 3 is 2.43 bits per heavy atom. The minimum Gasteiger partial charge on any atom is -0.481 e. The van der Waals surface area contributed by atoms with Gasteiger partial charge in [0.25, 0.3) is 0 Å². The first kappa shape index (κ1) is 15.9. The molecule has 2 N–H and O–H groups in total. The van der Waals surface area contributed by atoms with Gasteiger partial charge in [-0.3, -0.25) is 4.79 Å². The average Bonchev–Trinajstić information content (AvgIpc) is 2.63. The number of aliphatic carboxylic acids is 1. The average molecular weight is 320 g/mol. The molecule has 0 aromatic carbocycles. The number of aliphatic hydroxyl groups is 1. The summed E-state index contributed by atoms with van der Waals surface area (Å²) in [5.74, 6) is 0.793. The molecule has 4 aliphatic rings. The summed E-state index contributed by atoms with van der Waals surface area (Å²) >= 11 is 0. The lowest BCUT2D eigenvalue weighted by molar-refractivity contribution is -0.181. The summed E-state index contributed by atoms with van der Waals surface area (Å²) in [4.78, 5) is 12.1. The second-order valence-corrected chi connectivity index (χ2v) is 10.1. The first-order valence-corrected chi connectivity index (χ1v) is 9.60. The lowest BCUT2D eigenvalue weighted by Gasteiger charge is -2.63. The predicted molar refractivity (Wildman–Crippen MR) is 88.9 cm³/mol. The van der Waals surface area contributed by atoms with Crippen LogP contribution in [0, 0.1) is 34.0 Å². The van der Waals surface area contributed by atoms with E-state index in [4.69, 9.17) is 0 Å². The zero-order valence-electron chi connectivity index (χ0n) is 14.9. The summed E-state index contributed by atoms with van der Waals surface area (Å²) in [7, 11) is 0. The van der Waals surface area contributed by atoms with E-state index in [-0.39, 0.29) is 10.8 Å². The van der Waals surface area contributed by atoms with Gasteiger partial charge in [0.2, 0.25) is 0 Å². The number of carboxylic acids is 1. The van der Waals surface area contributed by atoms with Gasteiger partial charge in [0, 0.05) is 0 Å². The summed E-state index contributed by atoms with van der Waals surface area (Å²) < 4.78 is 0. The van der Waals surface area contributed by atoms with E-state index in [1.807, 2.05) is 13.8 Å². The minimum atomic E-state index is -0.587. The first-order chi connectivity index (χ1) is 10.6. The maximum absolute atomic E-state index is 12.1. The van der Waals surface area contributed by atoms with Gasteiger partial charge in [-0.1, -0.05) is 13.3 Å². The highest BCUT2D eigenvalue weighted by Gasteiger charge is 2.67. The molecule has 3 nitrogen and oxygen atoms in total. The number of hydrogen-bond donors (Lipinski definition) is 2. The molecule has 23 heavy (non-hydrogen) atoms. The topological polar surface area (TPSA) is 57.5 Å². The van der Waals surface area contributed by atoms with Gasteiger partial charge in [-0.15, -0.1) is 0 Å². The van der Waals surface area contributed by atoms with Gasteiger partial charge in [0.05, 0.1) is 11.0 Å². The van der Waals surface area contributed by atoms with Crippen molar-refractivity contribution in [1.29, 1.82) is 0 Å². The van der Waals surface area contributed by atoms with Crippen molar-refractivity contribution in [2.45, 2.75) is 84.2 Å². The molecule has 0 radical (unpaired) electrons. The highest BCUT2D eigenvalue weighted by Crippen LogP contribution is 2.72. The van der Waals surface area contributed by atoms with E-state index in [0.29, 0.717) is 17.8 Å². The van der Waals surface area contributed by atoms with Crippen LogP contribution in [0.3, 0.4) is 0 Å². The van der Waals surface area contributed by atoms with Crippen molar-refractivity contribution in [2.24, 2.45) is 34.0 Å². The fraction of sp³-hybridized carbons (Fsp3) is 0.950. The van der Waals surface area contributed by atoms with Crippen molar-refractivity contribution in [3.8, 4) is 0 Å². The maximum Gasteiger partial charge on any atom is 0.309 e. The molecule has 0 aliphatic heterocycles. The van der Waals surface area contributed by atoms with Gasteiger partial charge in [-0.2, -0.15) is 0 Å². The van der Waals surface area contributed by atoms with Crippen molar-refractivity contribution >= 4 is 5.97 Å². The summed E-state index contributed by atoms with van der Waals surface area (Å²) in [6.45, 7) is 6.45. The van der Waals surface area contributed by atoms with Gasteiger partial charge in [0.15, 0.2) is 0 Å². The normalized spacial score (nSPS) is 58.3. The smallest absolute Gasteiger partial charge is 0.309 e. The molecule has 2 bridgehead atoms. The lowest BCUT2D eigenvalue weighted by atomic mass is 9.41. The molecule has 0 aromatic heterocycles. The second-order valence-electron chi connectivity index (χ2n) is 10.1. The third-order valence-corrected chi connectivity index (χ3v) is 8.98. The van der Waals surface area contributed by atoms with Gasteiger partial charge in [-0.05, 0) is 93.8 Å². The van der Waals surface area contributed by atoms with Gasteiger partial charge < -0.3 is 10.2 Å². The zero-order chi connectivity index (χ0) is 16.7. The number of carbonyl (C=O) groups is 1. The molecule has 4 rings (SSSR count). The van der Waals surface area contributed by atoms with E-state index in [0.717, 1.165) is 38.5 Å². The molecule has 7 atom stereocenters. The van der Waals surface area contributed by atoms with E-state index in [1.54, 1.807) is 0 Å². The van der Waals surface area contributed by atoms with Crippen LogP contribution in [0.15, 0.2) is 0 Å². The molecular formula is C20H32O3. The molecule has 0 amide bonds. The van der Waals surface area contributed by atoms with E-state index >= 15 is 0 Å². The van der Waals surface area contributed by atoms with Crippen LogP contribution in [0.5, 0.6) is 0 Å². The molecule has 4 aliphatic carbocycles. The molecule has 0 unspecified atom stereocenters. The summed E-state index contributed by atoms with van der Waals surface area (Å²) in [5.41, 5.74) is -0.612. The van der Waals surface area contributed by atoms with Gasteiger partial charge in [-0.25, -0.2) is 0 Å². The van der Waals surface area contributed by atoms with Crippen LogP contribution in [0.2, 0.25) is 0 Å². The third kappa shape index (κ3) is 1.89. The molecule has 4 saturated carbocycles. The van der Waals surface area contributed by atoms with Crippen molar-refractivity contribution in [3.63, 3.8) is 0 Å². The minimum absolute atomic E-state index is 0.148. The van der Waals surface area contributed by atoms with Crippen molar-refractivity contribution in [2.75, 3.05) is 0 Å². The molecule has 0 saturated heterocycles. The summed E-state index contributed by atoms with van der Waals surface area (Å²) in [6.07, 6.45) is 9.68. The van der Waals surface area contributed by atoms with Gasteiger partial charge in [0.1, 0.15) is 0 Å². The Balaban J connectivity index is 1.74. The molecule has 1 spiro atoms. The maximum atomic E-state index is 12.1. The highest BCUT2D eigenvalue weighted by atomic mass is 16.4. The summed E-state index contributed by atoms with van der Waals surface area (Å²) in [5, 5.41) is 20.8. The molecule has 0 heterocycles. The SMILES string of the molecule is C[C@@]12CCC[C@@](C)(C(=O)O)[C@H]1CC[C@@]13C[C@@H](CC[C@H]12)[C@](C)(O)C3. The molecule has 3 heteroatoms. The fourth-order valence-electron chi connectivity index (χ4n) is 8.05. The van der Waals surface area contributed by atoms with Crippen LogP contribution in [0.4, 0.5) is 0 Å². The van der Waals surface area contributed by atoms with Gasteiger partial charge >= 0.3 is 5.97 Å². The Labute approximate surface area is 139 Å². The Morgan fingerprint density at radius 1 is 1.00 bits per heavy atom. The van der Waals surface area contributed by atoms with Crippen LogP contribution >= 0.6 is 0 Å². The Bertz CT molecular complexity index is 541. The number of fused-ring (bicyclic) bond motifs is 3. The van der Waals surface area contributed by atoms with Crippen LogP contribution in [-0.2, 0) is 4.79 Å². The first-order valence-electron chi connectivity index (χ1n) is 9.60. The molecule has 4 fully saturated rings. The molecule has 130 valence electrons. The van der Waals surface area contributed by atoms with E-state index < -0.39 is 17.0 Å². The quantitative estimate of drug-likeness (QED) is 0.760. The van der Waals surface area contributed by atoms with Crippen molar-refractivity contribution in [1.82, 2.24) is 0 Å². The predicted octanol–water partition coefficient (Wildman–Crippen LogP) is 4.23.